The maximum Gasteiger partial charge on any atom is 0.228 e. The minimum Gasteiger partial charge on any atom is -0.472 e. The van der Waals surface area contributed by atoms with E-state index in [1.165, 1.54) is 0 Å². The van der Waals surface area contributed by atoms with Gasteiger partial charge in [-0.25, -0.2) is 4.98 Å². The van der Waals surface area contributed by atoms with Gasteiger partial charge in [0.05, 0.1) is 12.5 Å². The molecule has 4 rings (SSSR count). The molecular weight excluding hydrogens is 378 g/mol. The van der Waals surface area contributed by atoms with Crippen LogP contribution >= 0.6 is 11.6 Å². The number of benzene rings is 1. The van der Waals surface area contributed by atoms with Gasteiger partial charge in [-0.05, 0) is 37.3 Å². The number of aromatic nitrogens is 1. The first kappa shape index (κ1) is 18.7. The third-order valence-corrected chi connectivity index (χ3v) is 5.47. The minimum atomic E-state index is -0.320. The Hall–Kier alpha value is -2.60. The predicted molar refractivity (Wildman–Crippen MR) is 106 cm³/mol. The number of hydrogen-bond donors (Lipinski definition) is 0. The van der Waals surface area contributed by atoms with Crippen molar-refractivity contribution in [3.05, 3.63) is 53.2 Å². The molecule has 2 saturated heterocycles. The number of ether oxygens (including phenoxy) is 1. The van der Waals surface area contributed by atoms with Crippen molar-refractivity contribution in [1.82, 2.24) is 9.88 Å². The molecule has 0 radical (unpaired) electrons. The van der Waals surface area contributed by atoms with E-state index in [0.717, 1.165) is 17.8 Å². The lowest BCUT2D eigenvalue weighted by molar-refractivity contribution is -0.135. The van der Waals surface area contributed by atoms with Gasteiger partial charge >= 0.3 is 0 Å². The number of aryl methyl sites for hydroxylation is 1. The Morgan fingerprint density at radius 2 is 1.96 bits per heavy atom. The van der Waals surface area contributed by atoms with Crippen LogP contribution in [0.3, 0.4) is 0 Å². The molecule has 6 nitrogen and oxygen atoms in total. The van der Waals surface area contributed by atoms with Gasteiger partial charge in [-0.2, -0.15) is 0 Å². The van der Waals surface area contributed by atoms with Gasteiger partial charge in [0.1, 0.15) is 6.10 Å². The van der Waals surface area contributed by atoms with E-state index >= 15 is 0 Å². The highest BCUT2D eigenvalue weighted by Crippen LogP contribution is 2.28. The second-order valence-corrected chi connectivity index (χ2v) is 7.75. The summed E-state index contributed by atoms with van der Waals surface area (Å²) in [7, 11) is 0. The third kappa shape index (κ3) is 3.97. The Morgan fingerprint density at radius 3 is 2.71 bits per heavy atom. The Kier molecular flexibility index (Phi) is 5.22. The third-order valence-electron chi connectivity index (χ3n) is 5.22. The molecule has 2 fully saturated rings. The van der Waals surface area contributed by atoms with Gasteiger partial charge in [-0.3, -0.25) is 9.59 Å². The lowest BCUT2D eigenvalue weighted by atomic mass is 10.1. The Balaban J connectivity index is 1.36. The maximum absolute atomic E-state index is 12.9. The van der Waals surface area contributed by atoms with Crippen LogP contribution in [0.5, 0.6) is 5.88 Å². The van der Waals surface area contributed by atoms with Crippen molar-refractivity contribution < 1.29 is 14.3 Å². The van der Waals surface area contributed by atoms with Crippen LogP contribution in [0.4, 0.5) is 5.69 Å². The molecule has 0 aliphatic carbocycles. The van der Waals surface area contributed by atoms with Crippen LogP contribution < -0.4 is 9.64 Å². The second kappa shape index (κ2) is 7.80. The lowest BCUT2D eigenvalue weighted by Gasteiger charge is -2.21. The average molecular weight is 400 g/mol. The van der Waals surface area contributed by atoms with Gasteiger partial charge in [0.15, 0.2) is 0 Å². The molecule has 2 aliphatic rings. The fraction of sp³-hybridized carbons (Fsp3) is 0.381. The standard InChI is InChI=1S/C21H22ClN3O3/c1-14-3-2-4-19(23-14)28-18-9-10-24(13-18)21(27)15-11-20(26)25(12-15)17-7-5-16(22)6-8-17/h2-8,15,18H,9-13H2,1H3. The molecule has 2 aliphatic heterocycles. The summed E-state index contributed by atoms with van der Waals surface area (Å²) in [4.78, 5) is 33.2. The number of rotatable bonds is 4. The molecule has 3 heterocycles. The van der Waals surface area contributed by atoms with E-state index in [1.54, 1.807) is 17.0 Å². The number of carbonyl (C=O) groups excluding carboxylic acids is 2. The number of carbonyl (C=O) groups is 2. The summed E-state index contributed by atoms with van der Waals surface area (Å²) in [5.41, 5.74) is 1.67. The molecule has 2 aromatic rings. The van der Waals surface area contributed by atoms with Crippen molar-refractivity contribution in [2.45, 2.75) is 25.9 Å². The van der Waals surface area contributed by atoms with E-state index < -0.39 is 0 Å². The van der Waals surface area contributed by atoms with Crippen LogP contribution in [0.15, 0.2) is 42.5 Å². The zero-order valence-corrected chi connectivity index (χ0v) is 16.4. The summed E-state index contributed by atoms with van der Waals surface area (Å²) in [6.07, 6.45) is 0.939. The van der Waals surface area contributed by atoms with Crippen LogP contribution in [-0.4, -0.2) is 47.4 Å². The van der Waals surface area contributed by atoms with Crippen molar-refractivity contribution in [1.29, 1.82) is 0 Å². The molecule has 0 spiro atoms. The van der Waals surface area contributed by atoms with E-state index in [1.807, 2.05) is 42.2 Å². The molecule has 2 unspecified atom stereocenters. The number of amides is 2. The van der Waals surface area contributed by atoms with E-state index in [0.29, 0.717) is 30.5 Å². The first-order chi connectivity index (χ1) is 13.5. The van der Waals surface area contributed by atoms with Gasteiger partial charge in [0.25, 0.3) is 0 Å². The summed E-state index contributed by atoms with van der Waals surface area (Å²) in [5.74, 6) is 0.257. The molecule has 1 aromatic heterocycles. The van der Waals surface area contributed by atoms with Crippen LogP contribution in [-0.2, 0) is 9.59 Å². The highest BCUT2D eigenvalue weighted by molar-refractivity contribution is 6.30. The van der Waals surface area contributed by atoms with Crippen molar-refractivity contribution in [2.24, 2.45) is 5.92 Å². The van der Waals surface area contributed by atoms with Gasteiger partial charge in [0.2, 0.25) is 17.7 Å². The Morgan fingerprint density at radius 1 is 1.18 bits per heavy atom. The normalized spacial score (nSPS) is 22.0. The second-order valence-electron chi connectivity index (χ2n) is 7.31. The topological polar surface area (TPSA) is 62.7 Å². The van der Waals surface area contributed by atoms with E-state index in [4.69, 9.17) is 16.3 Å². The van der Waals surface area contributed by atoms with Gasteiger partial charge in [0, 0.05) is 48.4 Å². The number of nitrogens with zero attached hydrogens (tertiary/aromatic N) is 3. The first-order valence-electron chi connectivity index (χ1n) is 9.44. The van der Waals surface area contributed by atoms with E-state index in [2.05, 4.69) is 4.98 Å². The van der Waals surface area contributed by atoms with Gasteiger partial charge < -0.3 is 14.5 Å². The fourth-order valence-electron chi connectivity index (χ4n) is 3.78. The first-order valence-corrected chi connectivity index (χ1v) is 9.82. The van der Waals surface area contributed by atoms with Crippen LogP contribution in [0.2, 0.25) is 5.02 Å². The van der Waals surface area contributed by atoms with Crippen molar-refractivity contribution in [2.75, 3.05) is 24.5 Å². The number of halogens is 1. The monoisotopic (exact) mass is 399 g/mol. The zero-order chi connectivity index (χ0) is 19.7. The molecule has 2 atom stereocenters. The summed E-state index contributed by atoms with van der Waals surface area (Å²) >= 11 is 5.92. The van der Waals surface area contributed by atoms with Crippen molar-refractivity contribution in [3.8, 4) is 5.88 Å². The van der Waals surface area contributed by atoms with E-state index in [-0.39, 0.29) is 30.3 Å². The highest BCUT2D eigenvalue weighted by atomic mass is 35.5. The summed E-state index contributed by atoms with van der Waals surface area (Å²) in [5, 5.41) is 0.620. The highest BCUT2D eigenvalue weighted by Gasteiger charge is 2.39. The fourth-order valence-corrected chi connectivity index (χ4v) is 3.91. The number of anilines is 1. The van der Waals surface area contributed by atoms with Crippen LogP contribution in [0.1, 0.15) is 18.5 Å². The molecule has 2 amide bonds. The van der Waals surface area contributed by atoms with Crippen LogP contribution in [0, 0.1) is 12.8 Å². The predicted octanol–water partition coefficient (Wildman–Crippen LogP) is 3.08. The molecule has 146 valence electrons. The molecular formula is C21H22ClN3O3. The lowest BCUT2D eigenvalue weighted by Crippen LogP contribution is -2.37. The Bertz CT molecular complexity index is 887. The smallest absolute Gasteiger partial charge is 0.228 e. The number of pyridine rings is 1. The summed E-state index contributed by atoms with van der Waals surface area (Å²) in [6.45, 7) is 3.49. The zero-order valence-electron chi connectivity index (χ0n) is 15.7. The average Bonchev–Trinajstić information content (AvgIpc) is 3.29. The molecule has 1 aromatic carbocycles. The number of hydrogen-bond acceptors (Lipinski definition) is 4. The molecule has 7 heteroatoms. The van der Waals surface area contributed by atoms with Gasteiger partial charge in [-0.15, -0.1) is 0 Å². The van der Waals surface area contributed by atoms with Crippen molar-refractivity contribution >= 4 is 29.1 Å². The molecule has 28 heavy (non-hydrogen) atoms. The summed E-state index contributed by atoms with van der Waals surface area (Å²) < 4.78 is 5.93. The maximum atomic E-state index is 12.9. The summed E-state index contributed by atoms with van der Waals surface area (Å²) in [6, 6.07) is 12.8. The largest absolute Gasteiger partial charge is 0.472 e. The quantitative estimate of drug-likeness (QED) is 0.792. The van der Waals surface area contributed by atoms with Crippen molar-refractivity contribution in [3.63, 3.8) is 0 Å². The van der Waals surface area contributed by atoms with Crippen LogP contribution in [0.25, 0.3) is 0 Å². The molecule has 0 N–H and O–H groups in total. The Labute approximate surface area is 169 Å². The van der Waals surface area contributed by atoms with Gasteiger partial charge in [-0.1, -0.05) is 17.7 Å². The molecule has 0 saturated carbocycles. The molecule has 0 bridgehead atoms. The minimum absolute atomic E-state index is 0.0214. The van der Waals surface area contributed by atoms with E-state index in [9.17, 15) is 9.59 Å². The number of likely N-dealkylation sites (tertiary alicyclic amines) is 1. The SMILES string of the molecule is Cc1cccc(OC2CCN(C(=O)C3CC(=O)N(c4ccc(Cl)cc4)C3)C2)n1.